The van der Waals surface area contributed by atoms with Crippen molar-refractivity contribution in [3.63, 3.8) is 0 Å². The van der Waals surface area contributed by atoms with Crippen molar-refractivity contribution < 1.29 is 19.0 Å². The Hall–Kier alpha value is -1.62. The lowest BCUT2D eigenvalue weighted by atomic mass is 10.0. The Balaban J connectivity index is 2.80. The summed E-state index contributed by atoms with van der Waals surface area (Å²) < 4.78 is 18.5. The second-order valence-electron chi connectivity index (χ2n) is 4.44. The SMILES string of the molecule is COCC(NC(=O)c1ccc(O)cc1F)C(C)C. The minimum Gasteiger partial charge on any atom is -0.508 e. The van der Waals surface area contributed by atoms with Crippen LogP contribution in [0.3, 0.4) is 0 Å². The molecule has 4 nitrogen and oxygen atoms in total. The predicted molar refractivity (Wildman–Crippen MR) is 66.0 cm³/mol. The van der Waals surface area contributed by atoms with E-state index in [2.05, 4.69) is 5.32 Å². The number of aromatic hydroxyl groups is 1. The lowest BCUT2D eigenvalue weighted by Gasteiger charge is -2.21. The molecule has 0 saturated carbocycles. The number of methoxy groups -OCH3 is 1. The van der Waals surface area contributed by atoms with Gasteiger partial charge in [-0.3, -0.25) is 4.79 Å². The van der Waals surface area contributed by atoms with Crippen LogP contribution in [0.1, 0.15) is 24.2 Å². The van der Waals surface area contributed by atoms with Gasteiger partial charge in [0.15, 0.2) is 0 Å². The summed E-state index contributed by atoms with van der Waals surface area (Å²) in [6.07, 6.45) is 0. The van der Waals surface area contributed by atoms with Crippen LogP contribution >= 0.6 is 0 Å². The molecule has 0 spiro atoms. The number of carbonyl (C=O) groups excluding carboxylic acids is 1. The lowest BCUT2D eigenvalue weighted by Crippen LogP contribution is -2.41. The average molecular weight is 255 g/mol. The number of amides is 1. The summed E-state index contributed by atoms with van der Waals surface area (Å²) >= 11 is 0. The zero-order chi connectivity index (χ0) is 13.7. The minimum atomic E-state index is -0.743. The fourth-order valence-corrected chi connectivity index (χ4v) is 1.51. The highest BCUT2D eigenvalue weighted by Gasteiger charge is 2.19. The van der Waals surface area contributed by atoms with Crippen LogP contribution in [-0.2, 0) is 4.74 Å². The first-order valence-electron chi connectivity index (χ1n) is 5.74. The topological polar surface area (TPSA) is 58.6 Å². The Labute approximate surface area is 106 Å². The molecule has 1 amide bonds. The average Bonchev–Trinajstić information content (AvgIpc) is 2.27. The van der Waals surface area contributed by atoms with Crippen molar-refractivity contribution in [2.75, 3.05) is 13.7 Å². The predicted octanol–water partition coefficient (Wildman–Crippen LogP) is 1.93. The third kappa shape index (κ3) is 3.70. The van der Waals surface area contributed by atoms with Crippen LogP contribution in [0.4, 0.5) is 4.39 Å². The van der Waals surface area contributed by atoms with E-state index in [1.165, 1.54) is 12.1 Å². The molecule has 0 aliphatic rings. The van der Waals surface area contributed by atoms with Gasteiger partial charge in [-0.2, -0.15) is 0 Å². The van der Waals surface area contributed by atoms with Crippen molar-refractivity contribution in [3.8, 4) is 5.75 Å². The van der Waals surface area contributed by atoms with Crippen LogP contribution in [0, 0.1) is 11.7 Å². The van der Waals surface area contributed by atoms with Gasteiger partial charge in [0.2, 0.25) is 0 Å². The lowest BCUT2D eigenvalue weighted by molar-refractivity contribution is 0.0862. The first kappa shape index (κ1) is 14.4. The van der Waals surface area contributed by atoms with Gasteiger partial charge in [-0.1, -0.05) is 13.8 Å². The molecule has 2 N–H and O–H groups in total. The minimum absolute atomic E-state index is 0.0884. The molecule has 18 heavy (non-hydrogen) atoms. The number of benzene rings is 1. The van der Waals surface area contributed by atoms with E-state index in [4.69, 9.17) is 9.84 Å². The molecule has 1 atom stereocenters. The number of phenolic OH excluding ortho intramolecular Hbond substituents is 1. The Bertz CT molecular complexity index is 421. The second kappa shape index (κ2) is 6.35. The maximum Gasteiger partial charge on any atom is 0.254 e. The third-order valence-corrected chi connectivity index (χ3v) is 2.66. The number of carbonyl (C=O) groups is 1. The molecule has 100 valence electrons. The fraction of sp³-hybridized carbons (Fsp3) is 0.462. The Morgan fingerprint density at radius 3 is 2.67 bits per heavy atom. The van der Waals surface area contributed by atoms with Crippen LogP contribution in [0.25, 0.3) is 0 Å². The molecule has 0 aromatic heterocycles. The highest BCUT2D eigenvalue weighted by atomic mass is 19.1. The van der Waals surface area contributed by atoms with Gasteiger partial charge in [-0.25, -0.2) is 4.39 Å². The standard InChI is InChI=1S/C13H18FNO3/c1-8(2)12(7-18-3)15-13(17)10-5-4-9(16)6-11(10)14/h4-6,8,12,16H,7H2,1-3H3,(H,15,17). The highest BCUT2D eigenvalue weighted by molar-refractivity contribution is 5.94. The molecule has 0 fully saturated rings. The maximum absolute atomic E-state index is 13.5. The van der Waals surface area contributed by atoms with Gasteiger partial charge in [0.25, 0.3) is 5.91 Å². The van der Waals surface area contributed by atoms with Gasteiger partial charge in [0, 0.05) is 13.2 Å². The molecule has 1 unspecified atom stereocenters. The van der Waals surface area contributed by atoms with E-state index in [9.17, 15) is 9.18 Å². The van der Waals surface area contributed by atoms with Gasteiger partial charge in [-0.15, -0.1) is 0 Å². The monoisotopic (exact) mass is 255 g/mol. The Morgan fingerprint density at radius 1 is 1.50 bits per heavy atom. The quantitative estimate of drug-likeness (QED) is 0.845. The van der Waals surface area contributed by atoms with Crippen LogP contribution < -0.4 is 5.32 Å². The molecule has 0 bridgehead atoms. The summed E-state index contributed by atoms with van der Waals surface area (Å²) in [5.41, 5.74) is -0.0884. The van der Waals surface area contributed by atoms with Gasteiger partial charge in [0.1, 0.15) is 11.6 Å². The van der Waals surface area contributed by atoms with Crippen molar-refractivity contribution in [2.45, 2.75) is 19.9 Å². The summed E-state index contributed by atoms with van der Waals surface area (Å²) in [6, 6.07) is 3.26. The Morgan fingerprint density at radius 2 is 2.17 bits per heavy atom. The second-order valence-corrected chi connectivity index (χ2v) is 4.44. The summed E-state index contributed by atoms with van der Waals surface area (Å²) in [4.78, 5) is 11.9. The molecular formula is C13H18FNO3. The van der Waals surface area contributed by atoms with Crippen molar-refractivity contribution in [1.82, 2.24) is 5.32 Å². The summed E-state index contributed by atoms with van der Waals surface area (Å²) in [7, 11) is 1.54. The molecule has 0 aliphatic heterocycles. The first-order valence-corrected chi connectivity index (χ1v) is 5.74. The highest BCUT2D eigenvalue weighted by Crippen LogP contribution is 2.15. The Kier molecular flexibility index (Phi) is 5.09. The molecule has 0 aliphatic carbocycles. The van der Waals surface area contributed by atoms with Crippen LogP contribution in [-0.4, -0.2) is 30.8 Å². The number of phenols is 1. The molecular weight excluding hydrogens is 237 g/mol. The van der Waals surface area contributed by atoms with E-state index in [0.717, 1.165) is 6.07 Å². The van der Waals surface area contributed by atoms with Gasteiger partial charge in [-0.05, 0) is 18.1 Å². The van der Waals surface area contributed by atoms with E-state index in [0.29, 0.717) is 6.61 Å². The van der Waals surface area contributed by atoms with Crippen molar-refractivity contribution in [1.29, 1.82) is 0 Å². The molecule has 1 aromatic rings. The normalized spacial score (nSPS) is 12.5. The van der Waals surface area contributed by atoms with Crippen molar-refractivity contribution in [2.24, 2.45) is 5.92 Å². The fourth-order valence-electron chi connectivity index (χ4n) is 1.51. The van der Waals surface area contributed by atoms with Gasteiger partial charge in [0.05, 0.1) is 18.2 Å². The maximum atomic E-state index is 13.5. The first-order chi connectivity index (χ1) is 8.45. The van der Waals surface area contributed by atoms with Crippen LogP contribution in [0.15, 0.2) is 18.2 Å². The van der Waals surface area contributed by atoms with E-state index < -0.39 is 11.7 Å². The van der Waals surface area contributed by atoms with E-state index in [-0.39, 0.29) is 23.3 Å². The van der Waals surface area contributed by atoms with Crippen LogP contribution in [0.5, 0.6) is 5.75 Å². The molecule has 0 radical (unpaired) electrons. The van der Waals surface area contributed by atoms with Crippen LogP contribution in [0.2, 0.25) is 0 Å². The van der Waals surface area contributed by atoms with E-state index >= 15 is 0 Å². The van der Waals surface area contributed by atoms with Gasteiger partial charge < -0.3 is 15.2 Å². The molecule has 5 heteroatoms. The number of hydrogen-bond acceptors (Lipinski definition) is 3. The zero-order valence-corrected chi connectivity index (χ0v) is 10.7. The van der Waals surface area contributed by atoms with E-state index in [1.54, 1.807) is 7.11 Å². The number of rotatable bonds is 5. The zero-order valence-electron chi connectivity index (χ0n) is 10.7. The van der Waals surface area contributed by atoms with E-state index in [1.807, 2.05) is 13.8 Å². The molecule has 0 heterocycles. The number of hydrogen-bond donors (Lipinski definition) is 2. The smallest absolute Gasteiger partial charge is 0.254 e. The summed E-state index contributed by atoms with van der Waals surface area (Å²) in [5, 5.41) is 11.8. The summed E-state index contributed by atoms with van der Waals surface area (Å²) in [5.74, 6) is -1.29. The molecule has 1 aromatic carbocycles. The third-order valence-electron chi connectivity index (χ3n) is 2.66. The number of ether oxygens (including phenoxy) is 1. The van der Waals surface area contributed by atoms with Crippen molar-refractivity contribution >= 4 is 5.91 Å². The number of halogens is 1. The van der Waals surface area contributed by atoms with Crippen molar-refractivity contribution in [3.05, 3.63) is 29.6 Å². The van der Waals surface area contributed by atoms with Gasteiger partial charge >= 0.3 is 0 Å². The molecule has 1 rings (SSSR count). The largest absolute Gasteiger partial charge is 0.508 e. The molecule has 0 saturated heterocycles. The number of nitrogens with one attached hydrogen (secondary N) is 1. The summed E-state index contributed by atoms with van der Waals surface area (Å²) in [6.45, 7) is 4.25.